The molecule has 0 aliphatic carbocycles. The summed E-state index contributed by atoms with van der Waals surface area (Å²) in [4.78, 5) is 56.8. The molecule has 0 saturated carbocycles. The Morgan fingerprint density at radius 2 is 1.09 bits per heavy atom. The molecular formula is C30H49N6O10+. The largest absolute Gasteiger partial charge is 0.480 e. The number of nitrogens with two attached hydrogens (primary N) is 5. The van der Waals surface area contributed by atoms with Gasteiger partial charge >= 0.3 is 29.8 Å². The van der Waals surface area contributed by atoms with Crippen LogP contribution in [0.5, 0.6) is 0 Å². The number of carboxylic acids is 5. The number of unbranched alkanes of at least 4 members (excludes halogenated alkanes) is 2. The van der Waals surface area contributed by atoms with E-state index >= 15 is 0 Å². The minimum absolute atomic E-state index is 0.0588. The zero-order valence-electron chi connectivity index (χ0n) is 25.9. The molecule has 1 aromatic rings. The number of pyridine rings is 1. The van der Waals surface area contributed by atoms with Gasteiger partial charge in [-0.25, -0.2) is 0 Å². The van der Waals surface area contributed by atoms with Crippen LogP contribution in [0.3, 0.4) is 0 Å². The molecule has 0 aliphatic rings. The molecule has 258 valence electrons. The monoisotopic (exact) mass is 653 g/mol. The standard InChI is InChI=1S/C30H48N6O10/c31-20(26(37)38)6-2-1-5-18(9-12-23(34)29(43)44)25-19(10-13-24(35)30(45)46)15-17(8-11-22(33)28(41)42)16-36(25)14-4-3-7-21(32)27(39)40/h5,15-16,20-24H,1-4,6-14,31-35H2,(H4-,37,38,39,40,41,42,43,44,45,46)/p+1/b18-5+/t20-,21-,22-,23-,24-/m0/s1. The molecule has 0 radical (unpaired) electrons. The van der Waals surface area contributed by atoms with Crippen molar-refractivity contribution in [3.8, 4) is 0 Å². The van der Waals surface area contributed by atoms with Gasteiger partial charge in [-0.1, -0.05) is 6.08 Å². The van der Waals surface area contributed by atoms with Gasteiger partial charge in [0.1, 0.15) is 36.8 Å². The van der Waals surface area contributed by atoms with Crippen LogP contribution in [-0.4, -0.2) is 85.6 Å². The van der Waals surface area contributed by atoms with Gasteiger partial charge in [-0.2, -0.15) is 4.57 Å². The molecule has 1 heterocycles. The van der Waals surface area contributed by atoms with Gasteiger partial charge in [0.2, 0.25) is 5.69 Å². The number of hydrogen-bond donors (Lipinski definition) is 10. The lowest BCUT2D eigenvalue weighted by molar-refractivity contribution is -0.700. The second kappa shape index (κ2) is 20.2. The number of rotatable bonds is 24. The first-order chi connectivity index (χ1) is 21.5. The highest BCUT2D eigenvalue weighted by Gasteiger charge is 2.26. The van der Waals surface area contributed by atoms with Gasteiger partial charge in [-0.3, -0.25) is 24.0 Å². The molecular weight excluding hydrogens is 604 g/mol. The van der Waals surface area contributed by atoms with Crippen LogP contribution in [0.2, 0.25) is 0 Å². The number of aryl methyl sites for hydroxylation is 3. The fourth-order valence-electron chi connectivity index (χ4n) is 4.81. The van der Waals surface area contributed by atoms with E-state index in [4.69, 9.17) is 38.9 Å². The Morgan fingerprint density at radius 3 is 1.61 bits per heavy atom. The summed E-state index contributed by atoms with van der Waals surface area (Å²) in [6.07, 6.45) is 6.81. The SMILES string of the molecule is N[C@@H](CCC/C=C(\CC[C@H](N)C(=O)O)c1c(CC[C@H](N)C(=O)O)cc(CC[C@H](N)C(=O)O)c[n+]1CCCC[C@H](N)C(=O)O)C(=O)O. The predicted molar refractivity (Wildman–Crippen MR) is 166 cm³/mol. The molecule has 5 atom stereocenters. The van der Waals surface area contributed by atoms with Gasteiger partial charge in [-0.15, -0.1) is 0 Å². The summed E-state index contributed by atoms with van der Waals surface area (Å²) >= 11 is 0. The van der Waals surface area contributed by atoms with Crippen LogP contribution in [0.15, 0.2) is 18.3 Å². The highest BCUT2D eigenvalue weighted by molar-refractivity contribution is 5.75. The van der Waals surface area contributed by atoms with E-state index < -0.39 is 60.1 Å². The first-order valence-corrected chi connectivity index (χ1v) is 15.2. The summed E-state index contributed by atoms with van der Waals surface area (Å²) in [6, 6.07) is -3.72. The van der Waals surface area contributed by atoms with Crippen molar-refractivity contribution >= 4 is 35.4 Å². The average Bonchev–Trinajstić information content (AvgIpc) is 2.99. The molecule has 0 aliphatic heterocycles. The highest BCUT2D eigenvalue weighted by Crippen LogP contribution is 2.26. The minimum Gasteiger partial charge on any atom is -0.480 e. The van der Waals surface area contributed by atoms with E-state index in [-0.39, 0.29) is 51.4 Å². The number of aliphatic carboxylic acids is 5. The zero-order chi connectivity index (χ0) is 35.0. The van der Waals surface area contributed by atoms with Crippen molar-refractivity contribution in [2.75, 3.05) is 0 Å². The molecule has 1 aromatic heterocycles. The lowest BCUT2D eigenvalue weighted by atomic mass is 9.92. The molecule has 16 heteroatoms. The average molecular weight is 654 g/mol. The van der Waals surface area contributed by atoms with Gasteiger partial charge in [0.15, 0.2) is 6.20 Å². The summed E-state index contributed by atoms with van der Waals surface area (Å²) in [5, 5.41) is 46.4. The van der Waals surface area contributed by atoms with Gasteiger partial charge in [0.05, 0.1) is 0 Å². The maximum atomic E-state index is 11.5. The molecule has 0 amide bonds. The maximum absolute atomic E-state index is 11.5. The van der Waals surface area contributed by atoms with E-state index in [0.29, 0.717) is 49.1 Å². The second-order valence-corrected chi connectivity index (χ2v) is 11.4. The van der Waals surface area contributed by atoms with Crippen LogP contribution < -0.4 is 33.2 Å². The van der Waals surface area contributed by atoms with Crippen molar-refractivity contribution in [3.05, 3.63) is 35.2 Å². The van der Waals surface area contributed by atoms with Gasteiger partial charge in [-0.05, 0) is 76.7 Å². The Labute approximate surface area is 267 Å². The summed E-state index contributed by atoms with van der Waals surface area (Å²) < 4.78 is 1.90. The van der Waals surface area contributed by atoms with E-state index in [2.05, 4.69) is 0 Å². The third kappa shape index (κ3) is 14.4. The Morgan fingerprint density at radius 1 is 0.630 bits per heavy atom. The molecule has 1 rings (SSSR count). The number of hydrogen-bond acceptors (Lipinski definition) is 10. The Hall–Kier alpha value is -3.96. The van der Waals surface area contributed by atoms with Crippen LogP contribution in [-0.2, 0) is 43.4 Å². The lowest BCUT2D eigenvalue weighted by Crippen LogP contribution is -2.41. The van der Waals surface area contributed by atoms with Crippen molar-refractivity contribution in [1.29, 1.82) is 0 Å². The van der Waals surface area contributed by atoms with Crippen LogP contribution in [0, 0.1) is 0 Å². The van der Waals surface area contributed by atoms with Crippen molar-refractivity contribution in [3.63, 3.8) is 0 Å². The van der Waals surface area contributed by atoms with Crippen molar-refractivity contribution in [1.82, 2.24) is 0 Å². The fourth-order valence-corrected chi connectivity index (χ4v) is 4.81. The first kappa shape index (κ1) is 40.1. The van der Waals surface area contributed by atoms with E-state index in [1.54, 1.807) is 0 Å². The molecule has 0 bridgehead atoms. The van der Waals surface area contributed by atoms with Crippen LogP contribution in [0.4, 0.5) is 0 Å². The molecule has 0 unspecified atom stereocenters. The van der Waals surface area contributed by atoms with E-state index in [9.17, 15) is 39.3 Å². The van der Waals surface area contributed by atoms with Crippen molar-refractivity contribution in [2.45, 2.75) is 114 Å². The lowest BCUT2D eigenvalue weighted by Gasteiger charge is -2.17. The van der Waals surface area contributed by atoms with Crippen LogP contribution in [0.1, 0.15) is 81.0 Å². The number of allylic oxidation sites excluding steroid dienone is 2. The zero-order valence-corrected chi connectivity index (χ0v) is 25.9. The number of nitrogens with zero attached hydrogens (tertiary/aromatic N) is 1. The summed E-state index contributed by atoms with van der Waals surface area (Å²) in [5.74, 6) is -5.79. The summed E-state index contributed by atoms with van der Waals surface area (Å²) in [6.45, 7) is 0.366. The van der Waals surface area contributed by atoms with E-state index in [0.717, 1.165) is 5.56 Å². The maximum Gasteiger partial charge on any atom is 0.320 e. The smallest absolute Gasteiger partial charge is 0.320 e. The molecule has 0 aromatic carbocycles. The van der Waals surface area contributed by atoms with Crippen molar-refractivity contribution < 1.29 is 54.1 Å². The molecule has 15 N–H and O–H groups in total. The Balaban J connectivity index is 3.70. The highest BCUT2D eigenvalue weighted by atomic mass is 16.4. The first-order valence-electron chi connectivity index (χ1n) is 15.2. The number of aromatic nitrogens is 1. The molecule has 0 fully saturated rings. The molecule has 16 nitrogen and oxygen atoms in total. The molecule has 0 saturated heterocycles. The van der Waals surface area contributed by atoms with Crippen LogP contribution in [0.25, 0.3) is 5.57 Å². The predicted octanol–water partition coefficient (Wildman–Crippen LogP) is -0.597. The summed E-state index contributed by atoms with van der Waals surface area (Å²) in [5.41, 5.74) is 31.5. The Kier molecular flexibility index (Phi) is 17.6. The topological polar surface area (TPSA) is 320 Å². The third-order valence-corrected chi connectivity index (χ3v) is 7.63. The quantitative estimate of drug-likeness (QED) is 0.0492. The van der Waals surface area contributed by atoms with Crippen LogP contribution >= 0.6 is 0 Å². The summed E-state index contributed by atoms with van der Waals surface area (Å²) in [7, 11) is 0. The third-order valence-electron chi connectivity index (χ3n) is 7.63. The minimum atomic E-state index is -1.19. The fraction of sp³-hybridized carbons (Fsp3) is 0.600. The second-order valence-electron chi connectivity index (χ2n) is 11.4. The van der Waals surface area contributed by atoms with Gasteiger partial charge in [0, 0.05) is 23.1 Å². The Bertz CT molecular complexity index is 1240. The number of carbonyl (C=O) groups is 5. The molecule has 46 heavy (non-hydrogen) atoms. The van der Waals surface area contributed by atoms with Gasteiger partial charge in [0.25, 0.3) is 0 Å². The van der Waals surface area contributed by atoms with E-state index in [1.165, 1.54) is 0 Å². The number of carboxylic acid groups (broad SMARTS) is 5. The van der Waals surface area contributed by atoms with Crippen molar-refractivity contribution in [2.24, 2.45) is 28.7 Å². The van der Waals surface area contributed by atoms with Gasteiger partial charge < -0.3 is 54.2 Å². The van der Waals surface area contributed by atoms with E-state index in [1.807, 2.05) is 22.9 Å². The molecule has 0 spiro atoms. The normalized spacial score (nSPS) is 15.0.